The van der Waals surface area contributed by atoms with Gasteiger partial charge in [0.1, 0.15) is 0 Å². The molecule has 1 N–H and O–H groups in total. The third kappa shape index (κ3) is 5.69. The van der Waals surface area contributed by atoms with E-state index < -0.39 is 28.2 Å². The zero-order valence-electron chi connectivity index (χ0n) is 8.89. The molecule has 0 aromatic heterocycles. The van der Waals surface area contributed by atoms with Gasteiger partial charge in [-0.2, -0.15) is 13.2 Å². The highest BCUT2D eigenvalue weighted by Gasteiger charge is 2.30. The van der Waals surface area contributed by atoms with Crippen LogP contribution in [-0.2, 0) is 9.84 Å². The van der Waals surface area contributed by atoms with E-state index in [-0.39, 0.29) is 11.8 Å². The van der Waals surface area contributed by atoms with Crippen LogP contribution in [0.15, 0.2) is 0 Å². The van der Waals surface area contributed by atoms with Crippen LogP contribution in [0.5, 0.6) is 0 Å². The van der Waals surface area contributed by atoms with Crippen molar-refractivity contribution in [3.05, 3.63) is 0 Å². The lowest BCUT2D eigenvalue weighted by Gasteiger charge is -2.11. The Morgan fingerprint density at radius 1 is 1.25 bits per heavy atom. The second-order valence-corrected chi connectivity index (χ2v) is 6.40. The van der Waals surface area contributed by atoms with E-state index in [4.69, 9.17) is 0 Å². The van der Waals surface area contributed by atoms with E-state index in [9.17, 15) is 21.6 Å². The van der Waals surface area contributed by atoms with Gasteiger partial charge in [-0.3, -0.25) is 0 Å². The van der Waals surface area contributed by atoms with Gasteiger partial charge in [0.05, 0.1) is 17.9 Å². The first-order chi connectivity index (χ1) is 7.29. The Morgan fingerprint density at radius 2 is 1.94 bits per heavy atom. The normalized spacial score (nSPS) is 22.6. The molecular formula is C9H16F3NO2S. The number of hydrogen-bond donors (Lipinski definition) is 1. The average Bonchev–Trinajstić information content (AvgIpc) is 2.64. The van der Waals surface area contributed by atoms with E-state index in [0.717, 1.165) is 19.4 Å². The molecule has 0 radical (unpaired) electrons. The summed E-state index contributed by atoms with van der Waals surface area (Å²) in [4.78, 5) is 0. The molecule has 1 unspecified atom stereocenters. The summed E-state index contributed by atoms with van der Waals surface area (Å²) in [5.41, 5.74) is 0. The summed E-state index contributed by atoms with van der Waals surface area (Å²) in [6.45, 7) is 0.868. The van der Waals surface area contributed by atoms with Gasteiger partial charge in [-0.15, -0.1) is 0 Å². The SMILES string of the molecule is O=S(=O)(CCC1CCCN1)CCC(F)(F)F. The zero-order chi connectivity index (χ0) is 12.2. The standard InChI is InChI=1S/C9H16F3NO2S/c10-9(11,12)4-7-16(14,15)6-3-8-2-1-5-13-8/h8,13H,1-7H2. The topological polar surface area (TPSA) is 46.2 Å². The first-order valence-electron chi connectivity index (χ1n) is 5.29. The maximum atomic E-state index is 11.9. The number of halogens is 3. The third-order valence-corrected chi connectivity index (χ3v) is 4.32. The quantitative estimate of drug-likeness (QED) is 0.813. The predicted octanol–water partition coefficient (Wildman–Crippen LogP) is 1.50. The summed E-state index contributed by atoms with van der Waals surface area (Å²) < 4.78 is 58.2. The van der Waals surface area contributed by atoms with Crippen LogP contribution >= 0.6 is 0 Å². The number of hydrogen-bond acceptors (Lipinski definition) is 3. The Kier molecular flexibility index (Phi) is 4.61. The van der Waals surface area contributed by atoms with Crippen LogP contribution in [-0.4, -0.2) is 38.7 Å². The summed E-state index contributed by atoms with van der Waals surface area (Å²) >= 11 is 0. The molecule has 96 valence electrons. The fourth-order valence-corrected chi connectivity index (χ4v) is 3.09. The van der Waals surface area contributed by atoms with Crippen LogP contribution in [0.4, 0.5) is 13.2 Å². The second kappa shape index (κ2) is 5.35. The van der Waals surface area contributed by atoms with Crippen molar-refractivity contribution in [2.75, 3.05) is 18.1 Å². The van der Waals surface area contributed by atoms with E-state index in [1.54, 1.807) is 0 Å². The van der Waals surface area contributed by atoms with Gasteiger partial charge in [0.15, 0.2) is 9.84 Å². The molecule has 0 aromatic rings. The average molecular weight is 259 g/mol. The molecule has 0 aromatic carbocycles. The molecule has 1 heterocycles. The van der Waals surface area contributed by atoms with E-state index in [0.29, 0.717) is 6.42 Å². The monoisotopic (exact) mass is 259 g/mol. The van der Waals surface area contributed by atoms with Crippen molar-refractivity contribution in [3.8, 4) is 0 Å². The van der Waals surface area contributed by atoms with E-state index in [1.807, 2.05) is 0 Å². The highest BCUT2D eigenvalue weighted by atomic mass is 32.2. The van der Waals surface area contributed by atoms with Crippen LogP contribution in [0.3, 0.4) is 0 Å². The minimum absolute atomic E-state index is 0.152. The molecule has 0 saturated carbocycles. The molecule has 3 nitrogen and oxygen atoms in total. The highest BCUT2D eigenvalue weighted by Crippen LogP contribution is 2.20. The van der Waals surface area contributed by atoms with Crippen molar-refractivity contribution in [1.82, 2.24) is 5.32 Å². The summed E-state index contributed by atoms with van der Waals surface area (Å²) in [5, 5.41) is 3.11. The largest absolute Gasteiger partial charge is 0.390 e. The fraction of sp³-hybridized carbons (Fsp3) is 1.00. The smallest absolute Gasteiger partial charge is 0.314 e. The van der Waals surface area contributed by atoms with Crippen LogP contribution in [0.25, 0.3) is 0 Å². The molecule has 7 heteroatoms. The molecule has 16 heavy (non-hydrogen) atoms. The van der Waals surface area contributed by atoms with E-state index in [2.05, 4.69) is 5.32 Å². The summed E-state index contributed by atoms with van der Waals surface area (Å²) in [6, 6.07) is 0.153. The molecule has 1 fully saturated rings. The Hall–Kier alpha value is -0.300. The van der Waals surface area contributed by atoms with Crippen molar-refractivity contribution in [3.63, 3.8) is 0 Å². The van der Waals surface area contributed by atoms with Crippen molar-refractivity contribution < 1.29 is 21.6 Å². The Balaban J connectivity index is 2.28. The first-order valence-corrected chi connectivity index (χ1v) is 7.11. The van der Waals surface area contributed by atoms with Gasteiger partial charge in [-0.25, -0.2) is 8.42 Å². The Labute approximate surface area is 93.3 Å². The molecule has 1 saturated heterocycles. The van der Waals surface area contributed by atoms with Gasteiger partial charge in [-0.1, -0.05) is 0 Å². The molecule has 1 atom stereocenters. The number of alkyl halides is 3. The lowest BCUT2D eigenvalue weighted by atomic mass is 10.2. The van der Waals surface area contributed by atoms with Crippen molar-refractivity contribution in [1.29, 1.82) is 0 Å². The molecule has 0 bridgehead atoms. The number of rotatable bonds is 5. The van der Waals surface area contributed by atoms with Crippen molar-refractivity contribution in [2.24, 2.45) is 0 Å². The Morgan fingerprint density at radius 3 is 2.44 bits per heavy atom. The molecule has 1 aliphatic rings. The summed E-state index contributed by atoms with van der Waals surface area (Å²) in [7, 11) is -3.56. The molecule has 1 rings (SSSR count). The summed E-state index contributed by atoms with van der Waals surface area (Å²) in [6.07, 6.45) is -3.30. The molecular weight excluding hydrogens is 243 g/mol. The maximum absolute atomic E-state index is 11.9. The maximum Gasteiger partial charge on any atom is 0.390 e. The van der Waals surface area contributed by atoms with Gasteiger partial charge in [0.25, 0.3) is 0 Å². The van der Waals surface area contributed by atoms with Gasteiger partial charge in [-0.05, 0) is 25.8 Å². The Bertz CT molecular complexity index is 307. The molecule has 0 amide bonds. The van der Waals surface area contributed by atoms with Gasteiger partial charge in [0.2, 0.25) is 0 Å². The predicted molar refractivity (Wildman–Crippen MR) is 55.0 cm³/mol. The van der Waals surface area contributed by atoms with Crippen LogP contribution in [0.2, 0.25) is 0 Å². The van der Waals surface area contributed by atoms with Crippen LogP contribution in [0, 0.1) is 0 Å². The van der Waals surface area contributed by atoms with Crippen molar-refractivity contribution >= 4 is 9.84 Å². The van der Waals surface area contributed by atoms with Crippen molar-refractivity contribution in [2.45, 2.75) is 37.9 Å². The minimum atomic E-state index is -4.39. The number of nitrogens with one attached hydrogen (secondary N) is 1. The van der Waals surface area contributed by atoms with Gasteiger partial charge < -0.3 is 5.32 Å². The van der Waals surface area contributed by atoms with E-state index in [1.165, 1.54) is 0 Å². The van der Waals surface area contributed by atoms with Crippen LogP contribution in [0.1, 0.15) is 25.7 Å². The third-order valence-electron chi connectivity index (χ3n) is 2.64. The highest BCUT2D eigenvalue weighted by molar-refractivity contribution is 7.91. The molecule has 0 spiro atoms. The lowest BCUT2D eigenvalue weighted by Crippen LogP contribution is -2.26. The zero-order valence-corrected chi connectivity index (χ0v) is 9.70. The molecule has 1 aliphatic heterocycles. The van der Waals surface area contributed by atoms with Gasteiger partial charge in [0, 0.05) is 6.04 Å². The minimum Gasteiger partial charge on any atom is -0.314 e. The van der Waals surface area contributed by atoms with Crippen LogP contribution < -0.4 is 5.32 Å². The summed E-state index contributed by atoms with van der Waals surface area (Å²) in [5.74, 6) is -0.941. The van der Waals surface area contributed by atoms with Gasteiger partial charge >= 0.3 is 6.18 Å². The lowest BCUT2D eigenvalue weighted by molar-refractivity contribution is -0.129. The fourth-order valence-electron chi connectivity index (χ4n) is 1.70. The first kappa shape index (κ1) is 13.8. The molecule has 0 aliphatic carbocycles. The number of sulfone groups is 1. The van der Waals surface area contributed by atoms with E-state index >= 15 is 0 Å². The second-order valence-electron chi connectivity index (χ2n) is 4.10.